The molecule has 0 amide bonds. The van der Waals surface area contributed by atoms with Crippen molar-refractivity contribution in [2.45, 2.75) is 88.9 Å². The van der Waals surface area contributed by atoms with E-state index >= 15 is 0 Å². The van der Waals surface area contributed by atoms with E-state index in [0.29, 0.717) is 12.8 Å². The molecule has 0 fully saturated rings. The number of unbranched alkanes of at least 4 members (excludes halogenated alkanes) is 2. The van der Waals surface area contributed by atoms with E-state index in [1.165, 1.54) is 39.5 Å². The summed E-state index contributed by atoms with van der Waals surface area (Å²) in [5.41, 5.74) is 0. The van der Waals surface area contributed by atoms with E-state index < -0.39 is 0 Å². The van der Waals surface area contributed by atoms with Crippen LogP contribution in [0.5, 0.6) is 0 Å². The average Bonchev–Trinajstić information content (AvgIpc) is 2.54. The zero-order valence-corrected chi connectivity index (χ0v) is 18.6. The quantitative estimate of drug-likeness (QED) is 0.294. The number of ketones is 4. The second kappa shape index (κ2) is 21.5. The van der Waals surface area contributed by atoms with Crippen LogP contribution in [0.2, 0.25) is 8.87 Å². The summed E-state index contributed by atoms with van der Waals surface area (Å²) in [7, 11) is 0. The third-order valence-electron chi connectivity index (χ3n) is 2.84. The zero-order valence-electron chi connectivity index (χ0n) is 15.8. The molecule has 0 atom stereocenters. The second-order valence-corrected chi connectivity index (χ2v) is 9.40. The topological polar surface area (TPSA) is 68.3 Å². The molecular weight excluding hydrogens is 399 g/mol. The maximum atomic E-state index is 10.2. The van der Waals surface area contributed by atoms with Gasteiger partial charge in [-0.05, 0) is 0 Å². The van der Waals surface area contributed by atoms with Gasteiger partial charge in [0.15, 0.2) is 23.1 Å². The predicted octanol–water partition coefficient (Wildman–Crippen LogP) is 4.24. The van der Waals surface area contributed by atoms with Crippen molar-refractivity contribution < 1.29 is 19.2 Å². The van der Waals surface area contributed by atoms with E-state index in [9.17, 15) is 19.2 Å². The Morgan fingerprint density at radius 1 is 0.652 bits per heavy atom. The molecule has 134 valence electrons. The standard InChI is InChI=1S/2C5H8O2.2C4H9.Sn/c2*1-3-5(7)4(2)6;2*1-3-4-2;/h2*3H2,1-2H3;2*1,3-4H2,2H3;. The number of rotatable bonds is 10. The zero-order chi connectivity index (χ0) is 18.7. The van der Waals surface area contributed by atoms with E-state index in [-0.39, 0.29) is 44.3 Å². The molecule has 0 aliphatic rings. The normalized spacial score (nSPS) is 8.96. The fourth-order valence-corrected chi connectivity index (χ4v) is 5.39. The Labute approximate surface area is 152 Å². The minimum absolute atomic E-state index is 0.149. The van der Waals surface area contributed by atoms with Crippen LogP contribution in [0.3, 0.4) is 0 Å². The van der Waals surface area contributed by atoms with Gasteiger partial charge in [0.2, 0.25) is 0 Å². The molecule has 0 aliphatic carbocycles. The van der Waals surface area contributed by atoms with Gasteiger partial charge in [-0.1, -0.05) is 13.8 Å². The Bertz CT molecular complexity index is 306. The van der Waals surface area contributed by atoms with E-state index in [1.54, 1.807) is 22.7 Å². The minimum atomic E-state index is -0.345. The van der Waals surface area contributed by atoms with Gasteiger partial charge in [-0.2, -0.15) is 0 Å². The molecule has 0 heterocycles. The van der Waals surface area contributed by atoms with Gasteiger partial charge in [0.25, 0.3) is 0 Å². The van der Waals surface area contributed by atoms with Crippen LogP contribution in [-0.2, 0) is 19.2 Å². The Morgan fingerprint density at radius 3 is 1.09 bits per heavy atom. The van der Waals surface area contributed by atoms with Crippen LogP contribution in [0, 0.1) is 0 Å². The second-order valence-electron chi connectivity index (χ2n) is 5.12. The van der Waals surface area contributed by atoms with Gasteiger partial charge in [0.1, 0.15) is 0 Å². The third kappa shape index (κ3) is 26.7. The van der Waals surface area contributed by atoms with Gasteiger partial charge in [-0.25, -0.2) is 0 Å². The van der Waals surface area contributed by atoms with Gasteiger partial charge in [-0.3, -0.25) is 19.2 Å². The van der Waals surface area contributed by atoms with E-state index in [1.807, 2.05) is 0 Å². The predicted molar refractivity (Wildman–Crippen MR) is 97.1 cm³/mol. The maximum absolute atomic E-state index is 10.2. The van der Waals surface area contributed by atoms with Gasteiger partial charge in [-0.15, -0.1) is 0 Å². The Hall–Kier alpha value is -0.521. The van der Waals surface area contributed by atoms with E-state index in [0.717, 1.165) is 0 Å². The number of Topliss-reactive ketones (excluding diaryl/α,β-unsaturated/α-hetero) is 4. The molecule has 0 aromatic heterocycles. The number of hydrogen-bond donors (Lipinski definition) is 0. The molecule has 0 aromatic carbocycles. The van der Waals surface area contributed by atoms with Crippen molar-refractivity contribution >= 4 is 44.3 Å². The summed E-state index contributed by atoms with van der Waals surface area (Å²) >= 11 is 0.149. The number of carbonyl (C=O) groups excluding carboxylic acids is 4. The molecule has 0 rings (SSSR count). The van der Waals surface area contributed by atoms with Crippen LogP contribution in [0.25, 0.3) is 0 Å². The van der Waals surface area contributed by atoms with Crippen molar-refractivity contribution in [3.63, 3.8) is 0 Å². The Morgan fingerprint density at radius 2 is 0.957 bits per heavy atom. The van der Waals surface area contributed by atoms with Crippen LogP contribution >= 0.6 is 0 Å². The molecule has 0 spiro atoms. The van der Waals surface area contributed by atoms with Gasteiger partial charge in [0.05, 0.1) is 0 Å². The van der Waals surface area contributed by atoms with E-state index in [4.69, 9.17) is 0 Å². The molecule has 4 nitrogen and oxygen atoms in total. The fourth-order valence-electron chi connectivity index (χ4n) is 1.23. The fraction of sp³-hybridized carbons (Fsp3) is 0.778. The summed E-state index contributed by atoms with van der Waals surface area (Å²) in [6.45, 7) is 10.5. The molecule has 0 N–H and O–H groups in total. The third-order valence-corrected chi connectivity index (χ3v) is 6.88. The first-order valence-corrected chi connectivity index (χ1v) is 12.6. The van der Waals surface area contributed by atoms with Crippen molar-refractivity contribution in [3.8, 4) is 0 Å². The van der Waals surface area contributed by atoms with Gasteiger partial charge >= 0.3 is 69.5 Å². The molecule has 23 heavy (non-hydrogen) atoms. The molecule has 0 saturated heterocycles. The van der Waals surface area contributed by atoms with E-state index in [2.05, 4.69) is 13.8 Å². The van der Waals surface area contributed by atoms with Crippen molar-refractivity contribution in [2.24, 2.45) is 0 Å². The summed E-state index contributed by atoms with van der Waals surface area (Å²) in [5, 5.41) is 0. The molecule has 0 aromatic rings. The molecule has 0 unspecified atom stereocenters. The summed E-state index contributed by atoms with van der Waals surface area (Å²) in [6.07, 6.45) is 6.50. The van der Waals surface area contributed by atoms with Crippen molar-refractivity contribution in [1.29, 1.82) is 0 Å². The monoisotopic (exact) mass is 434 g/mol. The molecule has 5 heteroatoms. The first kappa shape index (κ1) is 27.3. The van der Waals surface area contributed by atoms with Crippen molar-refractivity contribution in [2.75, 3.05) is 0 Å². The molecular formula is C18H34O4Sn. The molecule has 2 radical (unpaired) electrons. The molecule has 0 bridgehead atoms. The summed E-state index contributed by atoms with van der Waals surface area (Å²) in [5.74, 6) is -1.27. The summed E-state index contributed by atoms with van der Waals surface area (Å²) in [4.78, 5) is 40.4. The summed E-state index contributed by atoms with van der Waals surface area (Å²) in [6, 6.07) is 0. The Kier molecular flexibility index (Phi) is 25.5. The van der Waals surface area contributed by atoms with Crippen LogP contribution in [-0.4, -0.2) is 44.3 Å². The molecule has 0 aliphatic heterocycles. The first-order chi connectivity index (χ1) is 10.8. The van der Waals surface area contributed by atoms with Gasteiger partial charge < -0.3 is 0 Å². The number of hydrogen-bond acceptors (Lipinski definition) is 4. The molecule has 0 saturated carbocycles. The van der Waals surface area contributed by atoms with Crippen LogP contribution < -0.4 is 0 Å². The van der Waals surface area contributed by atoms with Crippen molar-refractivity contribution in [1.82, 2.24) is 0 Å². The average molecular weight is 433 g/mol. The Balaban J connectivity index is -0.000000264. The van der Waals surface area contributed by atoms with Crippen LogP contribution in [0.15, 0.2) is 0 Å². The summed E-state index contributed by atoms with van der Waals surface area (Å²) < 4.78 is 3.25. The SMILES string of the molecule is CCC(=O)C(C)=O.CCC(=O)C(C)=O.CCC[CH2][Sn][CH2]CCC. The van der Waals surface area contributed by atoms with Gasteiger partial charge in [0, 0.05) is 26.7 Å². The first-order valence-electron chi connectivity index (χ1n) is 8.56. The van der Waals surface area contributed by atoms with Crippen molar-refractivity contribution in [3.05, 3.63) is 0 Å². The number of carbonyl (C=O) groups is 4. The van der Waals surface area contributed by atoms with Crippen LogP contribution in [0.4, 0.5) is 0 Å². The van der Waals surface area contributed by atoms with Crippen LogP contribution in [0.1, 0.15) is 80.1 Å².